The number of allylic oxidation sites excluding steroid dienone is 8. The molecule has 16 nitrogen and oxygen atoms in total. The topological polar surface area (TPSA) is 264 Å². The van der Waals surface area contributed by atoms with Crippen molar-refractivity contribution in [1.29, 1.82) is 0 Å². The number of anilines is 1. The van der Waals surface area contributed by atoms with E-state index in [1.165, 1.54) is 30.3 Å². The Morgan fingerprint density at radius 2 is 1.39 bits per heavy atom. The molecule has 64 heavy (non-hydrogen) atoms. The normalized spacial score (nSPS) is 18.8. The van der Waals surface area contributed by atoms with Gasteiger partial charge in [-0.15, -0.1) is 0 Å². The zero-order chi connectivity index (χ0) is 47.2. The largest absolute Gasteiger partial charge is 0.748 e. The molecule has 2 heterocycles. The van der Waals surface area contributed by atoms with Gasteiger partial charge in [0.2, 0.25) is 5.69 Å². The molecule has 3 aromatic carbocycles. The summed E-state index contributed by atoms with van der Waals surface area (Å²) in [5.41, 5.74) is 5.31. The zero-order valence-electron chi connectivity index (χ0n) is 35.6. The lowest BCUT2D eigenvalue weighted by Gasteiger charge is -2.27. The van der Waals surface area contributed by atoms with Gasteiger partial charge in [-0.2, -0.15) is 29.8 Å². The summed E-state index contributed by atoms with van der Waals surface area (Å²) in [6.45, 7) is 8.12. The van der Waals surface area contributed by atoms with Gasteiger partial charge in [0.05, 0.1) is 36.6 Å². The second kappa shape index (κ2) is 17.9. The number of carbonyl (C=O) groups is 1. The van der Waals surface area contributed by atoms with Crippen molar-refractivity contribution in [2.45, 2.75) is 86.8 Å². The molecule has 20 heteroatoms. The molecule has 0 unspecified atom stereocenters. The summed E-state index contributed by atoms with van der Waals surface area (Å²) in [5.74, 6) is -2.13. The molecular weight excluding hydrogens is 909 g/mol. The monoisotopic (exact) mass is 958 g/mol. The Morgan fingerprint density at radius 1 is 0.750 bits per heavy atom. The molecule has 0 aromatic heterocycles. The standard InChI is InChI=1S/C44H50N2O14S4/c1-43(2)35-27-33(63(55,56)57)16-18-37(35)45(22-5-7-24-61(49,50)51)39(43)20-14-29-12-13-30(41(29)31-10-9-11-32(26-31)42(47)48)15-21-40-44(3,4)36-28-34(64(58,59)60)17-19-38(36)46(40)23-6-8-25-62(52,53)54/h9-11,14-21,26-28H,5-8,12-13,22-25H2,1-4H3,(H4-,47,48,49,50,51,52,53,54,55,56,57,58,59,60). The second-order valence-electron chi connectivity index (χ2n) is 17.1. The Kier molecular flexibility index (Phi) is 13.6. The van der Waals surface area contributed by atoms with Crippen LogP contribution in [0.3, 0.4) is 0 Å². The van der Waals surface area contributed by atoms with Gasteiger partial charge >= 0.3 is 5.97 Å². The molecule has 0 radical (unpaired) electrons. The first-order chi connectivity index (χ1) is 29.6. The predicted octanol–water partition coefficient (Wildman–Crippen LogP) is 6.66. The SMILES string of the molecule is CC1(C)C(/C=C/C2=C(c3cccc(C(=O)O)c3)C(=C/C=C3/N(CCCCS(=O)(=O)[O-])c4ccc(S(=O)(=O)O)cc4C3(C)C)/CC2)=[N+](CCCCS(=O)(=O)O)c2ccc(S(=O)(=O)O)cc21. The minimum atomic E-state index is -4.56. The van der Waals surface area contributed by atoms with Gasteiger partial charge in [0.15, 0.2) is 5.71 Å². The van der Waals surface area contributed by atoms with Crippen LogP contribution in [0, 0.1) is 0 Å². The summed E-state index contributed by atoms with van der Waals surface area (Å²) in [6.07, 6.45) is 9.49. The Labute approximate surface area is 374 Å². The van der Waals surface area contributed by atoms with Crippen LogP contribution in [-0.4, -0.2) is 97.8 Å². The summed E-state index contributed by atoms with van der Waals surface area (Å²) < 4.78 is 137. The molecule has 3 aliphatic rings. The molecule has 344 valence electrons. The number of aromatic carboxylic acids is 1. The highest BCUT2D eigenvalue weighted by Gasteiger charge is 2.45. The number of fused-ring (bicyclic) bond motifs is 2. The molecule has 2 aliphatic heterocycles. The summed E-state index contributed by atoms with van der Waals surface area (Å²) in [5, 5.41) is 9.96. The number of hydrogen-bond acceptors (Lipinski definition) is 11. The predicted molar refractivity (Wildman–Crippen MR) is 240 cm³/mol. The van der Waals surface area contributed by atoms with Crippen molar-refractivity contribution < 1.29 is 66.4 Å². The van der Waals surface area contributed by atoms with E-state index < -0.39 is 68.8 Å². The van der Waals surface area contributed by atoms with Gasteiger partial charge in [-0.1, -0.05) is 38.1 Å². The summed E-state index contributed by atoms with van der Waals surface area (Å²) in [6, 6.07) is 15.0. The number of unbranched alkanes of at least 4 members (excludes halogenated alkanes) is 2. The van der Waals surface area contributed by atoms with Gasteiger partial charge < -0.3 is 14.6 Å². The Balaban J connectivity index is 1.48. The lowest BCUT2D eigenvalue weighted by molar-refractivity contribution is -0.438. The van der Waals surface area contributed by atoms with Crippen LogP contribution < -0.4 is 4.90 Å². The highest BCUT2D eigenvalue weighted by molar-refractivity contribution is 7.86. The molecule has 0 saturated heterocycles. The van der Waals surface area contributed by atoms with E-state index in [2.05, 4.69) is 0 Å². The van der Waals surface area contributed by atoms with E-state index in [9.17, 15) is 61.8 Å². The minimum Gasteiger partial charge on any atom is -0.748 e. The molecule has 3 aromatic rings. The van der Waals surface area contributed by atoms with E-state index in [-0.39, 0.29) is 34.7 Å². The van der Waals surface area contributed by atoms with Crippen LogP contribution in [0.5, 0.6) is 0 Å². The van der Waals surface area contributed by atoms with Gasteiger partial charge in [-0.05, 0) is 122 Å². The van der Waals surface area contributed by atoms with Crippen molar-refractivity contribution in [3.05, 3.63) is 124 Å². The number of benzene rings is 3. The maximum absolute atomic E-state index is 12.2. The number of rotatable bonds is 17. The average Bonchev–Trinajstić information content (AvgIpc) is 3.76. The highest BCUT2D eigenvalue weighted by Crippen LogP contribution is 2.49. The molecule has 0 saturated carbocycles. The van der Waals surface area contributed by atoms with E-state index in [0.717, 1.165) is 22.4 Å². The Bertz CT molecular complexity index is 3030. The van der Waals surface area contributed by atoms with E-state index in [4.69, 9.17) is 0 Å². The molecule has 0 fully saturated rings. The zero-order valence-corrected chi connectivity index (χ0v) is 38.8. The lowest BCUT2D eigenvalue weighted by atomic mass is 9.81. The molecule has 0 spiro atoms. The van der Waals surface area contributed by atoms with Gasteiger partial charge in [0.1, 0.15) is 6.54 Å². The maximum Gasteiger partial charge on any atom is 0.335 e. The van der Waals surface area contributed by atoms with E-state index in [1.54, 1.807) is 30.3 Å². The number of carboxylic acids is 1. The number of nitrogens with zero attached hydrogens (tertiary/aromatic N) is 2. The van der Waals surface area contributed by atoms with Crippen molar-refractivity contribution in [3.8, 4) is 0 Å². The van der Waals surface area contributed by atoms with Gasteiger partial charge in [-0.25, -0.2) is 13.2 Å². The second-order valence-corrected chi connectivity index (χ2v) is 23.0. The van der Waals surface area contributed by atoms with Gasteiger partial charge in [0, 0.05) is 53.2 Å². The van der Waals surface area contributed by atoms with Gasteiger partial charge in [0.25, 0.3) is 30.4 Å². The fourth-order valence-electron chi connectivity index (χ4n) is 8.81. The third kappa shape index (κ3) is 10.7. The smallest absolute Gasteiger partial charge is 0.335 e. The van der Waals surface area contributed by atoms with E-state index in [1.807, 2.05) is 61.5 Å². The molecule has 4 N–H and O–H groups in total. The van der Waals surface area contributed by atoms with Crippen molar-refractivity contribution in [2.24, 2.45) is 0 Å². The molecule has 6 rings (SSSR count). The molecule has 0 amide bonds. The summed E-state index contributed by atoms with van der Waals surface area (Å²) in [4.78, 5) is 13.5. The minimum absolute atomic E-state index is 0.0543. The molecule has 0 bridgehead atoms. The fourth-order valence-corrected chi connectivity index (χ4v) is 11.0. The third-order valence-corrected chi connectivity index (χ3v) is 15.3. The molecular formula is C44H50N2O14S4. The van der Waals surface area contributed by atoms with E-state index >= 15 is 0 Å². The maximum atomic E-state index is 12.2. The van der Waals surface area contributed by atoms with Crippen LogP contribution in [0.4, 0.5) is 11.4 Å². The number of hydrogen-bond donors (Lipinski definition) is 4. The van der Waals surface area contributed by atoms with Gasteiger partial charge in [-0.3, -0.25) is 13.7 Å². The van der Waals surface area contributed by atoms with Crippen LogP contribution in [0.15, 0.2) is 112 Å². The van der Waals surface area contributed by atoms with Crippen LogP contribution in [0.2, 0.25) is 0 Å². The van der Waals surface area contributed by atoms with Crippen molar-refractivity contribution in [3.63, 3.8) is 0 Å². The van der Waals surface area contributed by atoms with Crippen LogP contribution in [0.25, 0.3) is 5.57 Å². The van der Waals surface area contributed by atoms with E-state index in [0.29, 0.717) is 66.0 Å². The van der Waals surface area contributed by atoms with Crippen LogP contribution in [-0.2, 0) is 51.3 Å². The van der Waals surface area contributed by atoms with Crippen LogP contribution >= 0.6 is 0 Å². The first kappa shape index (κ1) is 48.7. The Morgan fingerprint density at radius 3 is 2.02 bits per heavy atom. The summed E-state index contributed by atoms with van der Waals surface area (Å²) in [7, 11) is -17.8. The lowest BCUT2D eigenvalue weighted by Crippen LogP contribution is -2.28. The molecule has 1 aliphatic carbocycles. The quantitative estimate of drug-likeness (QED) is 0.0626. The van der Waals surface area contributed by atoms with Crippen molar-refractivity contribution >= 4 is 69.1 Å². The fraction of sp³-hybridized carbons (Fsp3) is 0.364. The van der Waals surface area contributed by atoms with Crippen molar-refractivity contribution in [1.82, 2.24) is 0 Å². The highest BCUT2D eigenvalue weighted by atomic mass is 32.2. The number of carboxylic acid groups (broad SMARTS) is 1. The average molecular weight is 959 g/mol. The first-order valence-electron chi connectivity index (χ1n) is 20.3. The first-order valence-corrected chi connectivity index (χ1v) is 26.4. The summed E-state index contributed by atoms with van der Waals surface area (Å²) >= 11 is 0. The van der Waals surface area contributed by atoms with Crippen LogP contribution in [0.1, 0.15) is 93.3 Å². The molecule has 0 atom stereocenters. The third-order valence-electron chi connectivity index (χ3n) is 12.0. The Hall–Kier alpha value is -4.80. The van der Waals surface area contributed by atoms with Crippen molar-refractivity contribution in [2.75, 3.05) is 29.5 Å².